The van der Waals surface area contributed by atoms with Crippen LogP contribution in [0.3, 0.4) is 0 Å². The zero-order valence-electron chi connectivity index (χ0n) is 16.5. The fourth-order valence-corrected chi connectivity index (χ4v) is 2.87. The molecule has 0 fully saturated rings. The van der Waals surface area contributed by atoms with Crippen LogP contribution in [0.15, 0.2) is 40.9 Å². The first-order valence-corrected chi connectivity index (χ1v) is 9.74. The first-order chi connectivity index (χ1) is 13.8. The largest absolute Gasteiger partial charge is 0.497 e. The van der Waals surface area contributed by atoms with Crippen molar-refractivity contribution in [2.45, 2.75) is 26.7 Å². The van der Waals surface area contributed by atoms with Crippen molar-refractivity contribution in [2.75, 3.05) is 24.4 Å². The van der Waals surface area contributed by atoms with Crippen LogP contribution in [-0.2, 0) is 19.1 Å². The lowest BCUT2D eigenvalue weighted by Gasteiger charge is -2.12. The number of nitrogens with one attached hydrogen (secondary N) is 2. The number of rotatable bonds is 8. The average Bonchev–Trinajstić information content (AvgIpc) is 2.71. The van der Waals surface area contributed by atoms with E-state index in [0.29, 0.717) is 17.1 Å². The Morgan fingerprint density at radius 1 is 0.897 bits per heavy atom. The molecule has 0 radical (unpaired) electrons. The Kier molecular flexibility index (Phi) is 8.21. The van der Waals surface area contributed by atoms with Crippen molar-refractivity contribution in [3.05, 3.63) is 52.0 Å². The second-order valence-electron chi connectivity index (χ2n) is 6.33. The maximum Gasteiger partial charge on any atom is 0.306 e. The smallest absolute Gasteiger partial charge is 0.306 e. The zero-order valence-corrected chi connectivity index (χ0v) is 18.1. The molecule has 0 spiro atoms. The van der Waals surface area contributed by atoms with Crippen LogP contribution < -0.4 is 15.4 Å². The van der Waals surface area contributed by atoms with E-state index in [9.17, 15) is 14.4 Å². The second-order valence-corrected chi connectivity index (χ2v) is 7.18. The summed E-state index contributed by atoms with van der Waals surface area (Å²) in [5.74, 6) is -0.699. The quantitative estimate of drug-likeness (QED) is 0.578. The molecule has 0 unspecified atom stereocenters. The molecular weight excluding hydrogens is 440 g/mol. The normalized spacial score (nSPS) is 10.2. The topological polar surface area (TPSA) is 93.7 Å². The van der Waals surface area contributed by atoms with Gasteiger partial charge in [0, 0.05) is 22.3 Å². The van der Waals surface area contributed by atoms with Crippen molar-refractivity contribution in [3.63, 3.8) is 0 Å². The molecule has 2 aromatic rings. The van der Waals surface area contributed by atoms with Crippen LogP contribution in [0.2, 0.25) is 0 Å². The number of methoxy groups -OCH3 is 1. The summed E-state index contributed by atoms with van der Waals surface area (Å²) >= 11 is 3.43. The standard InChI is InChI=1S/C21H23BrN2O5/c1-13-14(2)18(9-8-17(13)22)24-20(26)12-29-21(27)11-10-19(25)23-15-4-6-16(28-3)7-5-15/h4-9H,10-12H2,1-3H3,(H,23,25)(H,24,26). The number of ether oxygens (including phenoxy) is 2. The maximum absolute atomic E-state index is 12.0. The number of hydrogen-bond acceptors (Lipinski definition) is 5. The molecule has 29 heavy (non-hydrogen) atoms. The van der Waals surface area contributed by atoms with Gasteiger partial charge in [0.1, 0.15) is 5.75 Å². The molecule has 2 N–H and O–H groups in total. The molecule has 0 aliphatic rings. The van der Waals surface area contributed by atoms with Crippen LogP contribution in [0.5, 0.6) is 5.75 Å². The fourth-order valence-electron chi connectivity index (χ4n) is 2.44. The third kappa shape index (κ3) is 6.90. The van der Waals surface area contributed by atoms with Gasteiger partial charge in [0.25, 0.3) is 5.91 Å². The van der Waals surface area contributed by atoms with E-state index in [2.05, 4.69) is 26.6 Å². The Bertz CT molecular complexity index is 897. The molecule has 8 heteroatoms. The van der Waals surface area contributed by atoms with Crippen LogP contribution in [0.1, 0.15) is 24.0 Å². The van der Waals surface area contributed by atoms with Gasteiger partial charge in [0.2, 0.25) is 5.91 Å². The predicted molar refractivity (Wildman–Crippen MR) is 114 cm³/mol. The summed E-state index contributed by atoms with van der Waals surface area (Å²) in [6, 6.07) is 10.5. The van der Waals surface area contributed by atoms with Gasteiger partial charge in [-0.25, -0.2) is 0 Å². The van der Waals surface area contributed by atoms with Gasteiger partial charge in [0.05, 0.1) is 13.5 Å². The van der Waals surface area contributed by atoms with E-state index in [0.717, 1.165) is 15.6 Å². The van der Waals surface area contributed by atoms with Gasteiger partial charge in [0.15, 0.2) is 6.61 Å². The highest BCUT2D eigenvalue weighted by atomic mass is 79.9. The molecule has 2 amide bonds. The summed E-state index contributed by atoms with van der Waals surface area (Å²) in [6.45, 7) is 3.42. The number of esters is 1. The molecule has 0 saturated heterocycles. The van der Waals surface area contributed by atoms with Crippen molar-refractivity contribution in [1.29, 1.82) is 0 Å². The lowest BCUT2D eigenvalue weighted by molar-refractivity contribution is -0.147. The predicted octanol–water partition coefficient (Wildman–Crippen LogP) is 3.98. The van der Waals surface area contributed by atoms with E-state index in [1.54, 1.807) is 37.4 Å². The van der Waals surface area contributed by atoms with Crippen LogP contribution in [0.4, 0.5) is 11.4 Å². The second kappa shape index (κ2) is 10.6. The SMILES string of the molecule is COc1ccc(NC(=O)CCC(=O)OCC(=O)Nc2ccc(Br)c(C)c2C)cc1. The van der Waals surface area contributed by atoms with Crippen molar-refractivity contribution in [1.82, 2.24) is 0 Å². The molecule has 0 saturated carbocycles. The third-order valence-corrected chi connectivity index (χ3v) is 5.15. The lowest BCUT2D eigenvalue weighted by Crippen LogP contribution is -2.22. The van der Waals surface area contributed by atoms with Gasteiger partial charge < -0.3 is 20.1 Å². The minimum absolute atomic E-state index is 0.0442. The molecule has 0 aromatic heterocycles. The van der Waals surface area contributed by atoms with Gasteiger partial charge in [-0.05, 0) is 61.4 Å². The van der Waals surface area contributed by atoms with Crippen LogP contribution >= 0.6 is 15.9 Å². The highest BCUT2D eigenvalue weighted by molar-refractivity contribution is 9.10. The average molecular weight is 463 g/mol. The minimum atomic E-state index is -0.617. The molecule has 154 valence electrons. The van der Waals surface area contributed by atoms with Gasteiger partial charge in [-0.1, -0.05) is 15.9 Å². The van der Waals surface area contributed by atoms with Gasteiger partial charge in [-0.2, -0.15) is 0 Å². The Morgan fingerprint density at radius 2 is 1.59 bits per heavy atom. The summed E-state index contributed by atoms with van der Waals surface area (Å²) < 4.78 is 10.9. The first kappa shape index (κ1) is 22.4. The Hall–Kier alpha value is -2.87. The van der Waals surface area contributed by atoms with E-state index < -0.39 is 18.5 Å². The van der Waals surface area contributed by atoms with Crippen molar-refractivity contribution < 1.29 is 23.9 Å². The summed E-state index contributed by atoms with van der Waals surface area (Å²) in [7, 11) is 1.56. The zero-order chi connectivity index (χ0) is 21.4. The lowest BCUT2D eigenvalue weighted by atomic mass is 10.1. The summed E-state index contributed by atoms with van der Waals surface area (Å²) in [4.78, 5) is 35.7. The third-order valence-electron chi connectivity index (χ3n) is 4.29. The Morgan fingerprint density at radius 3 is 2.24 bits per heavy atom. The number of amides is 2. The minimum Gasteiger partial charge on any atom is -0.497 e. The monoisotopic (exact) mass is 462 g/mol. The molecule has 0 aliphatic heterocycles. The number of benzene rings is 2. The molecule has 2 aromatic carbocycles. The number of carbonyl (C=O) groups excluding carboxylic acids is 3. The highest BCUT2D eigenvalue weighted by Gasteiger charge is 2.12. The molecule has 0 atom stereocenters. The van der Waals surface area contributed by atoms with Crippen molar-refractivity contribution >= 4 is 45.1 Å². The molecule has 0 bridgehead atoms. The number of hydrogen-bond donors (Lipinski definition) is 2. The number of carbonyl (C=O) groups is 3. The highest BCUT2D eigenvalue weighted by Crippen LogP contribution is 2.25. The molecule has 7 nitrogen and oxygen atoms in total. The molecule has 2 rings (SSSR count). The van der Waals surface area contributed by atoms with E-state index in [4.69, 9.17) is 9.47 Å². The van der Waals surface area contributed by atoms with Crippen LogP contribution in [0, 0.1) is 13.8 Å². The Labute approximate surface area is 177 Å². The molecular formula is C21H23BrN2O5. The number of halogens is 1. The van der Waals surface area contributed by atoms with E-state index in [-0.39, 0.29) is 18.7 Å². The molecule has 0 aliphatic carbocycles. The Balaban J connectivity index is 1.72. The summed E-state index contributed by atoms with van der Waals surface area (Å²) in [5.41, 5.74) is 3.20. The van der Waals surface area contributed by atoms with Gasteiger partial charge in [-0.15, -0.1) is 0 Å². The van der Waals surface area contributed by atoms with Gasteiger partial charge >= 0.3 is 5.97 Å². The summed E-state index contributed by atoms with van der Waals surface area (Å²) in [5, 5.41) is 5.39. The van der Waals surface area contributed by atoms with Crippen molar-refractivity contribution in [2.24, 2.45) is 0 Å². The maximum atomic E-state index is 12.0. The van der Waals surface area contributed by atoms with Crippen LogP contribution in [0.25, 0.3) is 0 Å². The first-order valence-electron chi connectivity index (χ1n) is 8.95. The van der Waals surface area contributed by atoms with Crippen molar-refractivity contribution in [3.8, 4) is 5.75 Å². The summed E-state index contributed by atoms with van der Waals surface area (Å²) in [6.07, 6.45) is -0.164. The van der Waals surface area contributed by atoms with E-state index in [1.807, 2.05) is 19.9 Å². The fraction of sp³-hybridized carbons (Fsp3) is 0.286. The van der Waals surface area contributed by atoms with E-state index in [1.165, 1.54) is 0 Å². The van der Waals surface area contributed by atoms with Crippen LogP contribution in [-0.4, -0.2) is 31.5 Å². The van der Waals surface area contributed by atoms with Gasteiger partial charge in [-0.3, -0.25) is 14.4 Å². The molecule has 0 heterocycles. The number of anilines is 2. The van der Waals surface area contributed by atoms with E-state index >= 15 is 0 Å².